The van der Waals surface area contributed by atoms with Crippen molar-refractivity contribution in [1.29, 1.82) is 0 Å². The van der Waals surface area contributed by atoms with Gasteiger partial charge in [-0.05, 0) is 13.0 Å². The molecular weight excluding hydrogens is 130 g/mol. The van der Waals surface area contributed by atoms with Crippen LogP contribution in [0.1, 0.15) is 16.1 Å². The van der Waals surface area contributed by atoms with Gasteiger partial charge in [0.15, 0.2) is 6.29 Å². The molecule has 1 rings (SSSR count). The van der Waals surface area contributed by atoms with Gasteiger partial charge in [-0.2, -0.15) is 0 Å². The van der Waals surface area contributed by atoms with Crippen LogP contribution in [0.15, 0.2) is 12.3 Å². The maximum atomic E-state index is 10.2. The van der Waals surface area contributed by atoms with Crippen LogP contribution < -0.4 is 0 Å². The first kappa shape index (κ1) is 6.74. The molecule has 0 fully saturated rings. The molecule has 0 spiro atoms. The van der Waals surface area contributed by atoms with Gasteiger partial charge >= 0.3 is 0 Å². The Morgan fingerprint density at radius 2 is 2.40 bits per heavy atom. The van der Waals surface area contributed by atoms with E-state index in [0.29, 0.717) is 12.0 Å². The van der Waals surface area contributed by atoms with Crippen molar-refractivity contribution in [3.05, 3.63) is 23.5 Å². The van der Waals surface area contributed by atoms with Gasteiger partial charge in [0.25, 0.3) is 0 Å². The van der Waals surface area contributed by atoms with Crippen molar-refractivity contribution in [2.75, 3.05) is 0 Å². The lowest BCUT2D eigenvalue weighted by Crippen LogP contribution is -1.86. The standard InChI is InChI=1S/C7H7NO2/c1-5-7(10)6(4-9)2-3-8-5/h2-4,10H,1H3. The van der Waals surface area contributed by atoms with Crippen LogP contribution in [0.4, 0.5) is 0 Å². The molecule has 1 heterocycles. The second-order valence-electron chi connectivity index (χ2n) is 1.95. The summed E-state index contributed by atoms with van der Waals surface area (Å²) in [5.41, 5.74) is 0.761. The van der Waals surface area contributed by atoms with Crippen molar-refractivity contribution in [1.82, 2.24) is 4.98 Å². The number of pyridine rings is 1. The van der Waals surface area contributed by atoms with E-state index in [9.17, 15) is 4.79 Å². The fourth-order valence-electron chi connectivity index (χ4n) is 0.673. The van der Waals surface area contributed by atoms with Gasteiger partial charge in [0.2, 0.25) is 0 Å². The fraction of sp³-hybridized carbons (Fsp3) is 0.143. The molecule has 52 valence electrons. The average Bonchev–Trinajstić information content (AvgIpc) is 1.95. The summed E-state index contributed by atoms with van der Waals surface area (Å²) in [6, 6.07) is 1.47. The minimum atomic E-state index is -0.0301. The fourth-order valence-corrected chi connectivity index (χ4v) is 0.673. The Bertz CT molecular complexity index is 258. The first-order valence-corrected chi connectivity index (χ1v) is 2.85. The lowest BCUT2D eigenvalue weighted by molar-refractivity contribution is 0.112. The van der Waals surface area contributed by atoms with Gasteiger partial charge in [-0.15, -0.1) is 0 Å². The molecule has 10 heavy (non-hydrogen) atoms. The number of hydrogen-bond acceptors (Lipinski definition) is 3. The van der Waals surface area contributed by atoms with Gasteiger partial charge < -0.3 is 5.11 Å². The molecule has 1 aromatic heterocycles. The monoisotopic (exact) mass is 137 g/mol. The van der Waals surface area contributed by atoms with E-state index in [1.807, 2.05) is 0 Å². The predicted molar refractivity (Wildman–Crippen MR) is 36.0 cm³/mol. The van der Waals surface area contributed by atoms with E-state index in [-0.39, 0.29) is 11.3 Å². The molecule has 0 aliphatic rings. The van der Waals surface area contributed by atoms with Crippen molar-refractivity contribution in [3.8, 4) is 5.75 Å². The summed E-state index contributed by atoms with van der Waals surface area (Å²) < 4.78 is 0. The number of carbonyl (C=O) groups is 1. The van der Waals surface area contributed by atoms with Gasteiger partial charge in [0.1, 0.15) is 5.75 Å². The molecule has 0 saturated carbocycles. The van der Waals surface area contributed by atoms with Crippen LogP contribution in [0.2, 0.25) is 0 Å². The quantitative estimate of drug-likeness (QED) is 0.585. The van der Waals surface area contributed by atoms with Gasteiger partial charge in [-0.3, -0.25) is 9.78 Å². The number of carbonyl (C=O) groups excluding carboxylic acids is 1. The Labute approximate surface area is 58.3 Å². The lowest BCUT2D eigenvalue weighted by Gasteiger charge is -1.97. The van der Waals surface area contributed by atoms with Gasteiger partial charge in [-0.25, -0.2) is 0 Å². The zero-order valence-electron chi connectivity index (χ0n) is 5.53. The molecule has 0 aliphatic heterocycles. The SMILES string of the molecule is Cc1nccc(C=O)c1O. The van der Waals surface area contributed by atoms with E-state index in [1.54, 1.807) is 6.92 Å². The molecule has 0 aliphatic carbocycles. The molecule has 0 aromatic carbocycles. The summed E-state index contributed by atoms with van der Waals surface area (Å²) >= 11 is 0. The Hall–Kier alpha value is -1.38. The third-order valence-electron chi connectivity index (χ3n) is 1.27. The van der Waals surface area contributed by atoms with E-state index in [4.69, 9.17) is 5.11 Å². The van der Waals surface area contributed by atoms with E-state index in [1.165, 1.54) is 12.3 Å². The smallest absolute Gasteiger partial charge is 0.153 e. The molecule has 3 heteroatoms. The molecule has 1 N–H and O–H groups in total. The molecular formula is C7H7NO2. The van der Waals surface area contributed by atoms with Crippen LogP contribution in [0.25, 0.3) is 0 Å². The molecule has 0 saturated heterocycles. The topological polar surface area (TPSA) is 50.2 Å². The molecule has 0 unspecified atom stereocenters. The summed E-state index contributed by atoms with van der Waals surface area (Å²) in [4.78, 5) is 14.0. The number of nitrogens with zero attached hydrogens (tertiary/aromatic N) is 1. The Kier molecular flexibility index (Phi) is 1.67. The summed E-state index contributed by atoms with van der Waals surface area (Å²) in [6.45, 7) is 1.64. The maximum absolute atomic E-state index is 10.2. The highest BCUT2D eigenvalue weighted by Gasteiger charge is 2.01. The number of aromatic hydroxyl groups is 1. The first-order valence-electron chi connectivity index (χ1n) is 2.85. The van der Waals surface area contributed by atoms with Crippen LogP contribution in [-0.4, -0.2) is 16.4 Å². The minimum absolute atomic E-state index is 0.0301. The first-order chi connectivity index (χ1) is 4.75. The zero-order valence-corrected chi connectivity index (χ0v) is 5.53. The minimum Gasteiger partial charge on any atom is -0.505 e. The number of aryl methyl sites for hydroxylation is 1. The number of hydrogen-bond donors (Lipinski definition) is 1. The third kappa shape index (κ3) is 0.978. The average molecular weight is 137 g/mol. The van der Waals surface area contributed by atoms with Crippen molar-refractivity contribution < 1.29 is 9.90 Å². The highest BCUT2D eigenvalue weighted by atomic mass is 16.3. The number of aldehydes is 1. The van der Waals surface area contributed by atoms with Crippen LogP contribution in [0.5, 0.6) is 5.75 Å². The molecule has 0 bridgehead atoms. The normalized spacial score (nSPS) is 9.30. The number of rotatable bonds is 1. The Morgan fingerprint density at radius 3 is 2.90 bits per heavy atom. The van der Waals surface area contributed by atoms with Crippen molar-refractivity contribution >= 4 is 6.29 Å². The number of aromatic nitrogens is 1. The van der Waals surface area contributed by atoms with Gasteiger partial charge in [-0.1, -0.05) is 0 Å². The van der Waals surface area contributed by atoms with Gasteiger partial charge in [0.05, 0.1) is 11.3 Å². The summed E-state index contributed by atoms with van der Waals surface area (Å²) in [5, 5.41) is 9.10. The molecule has 0 radical (unpaired) electrons. The van der Waals surface area contributed by atoms with Crippen LogP contribution >= 0.6 is 0 Å². The molecule has 1 aromatic rings. The van der Waals surface area contributed by atoms with E-state index < -0.39 is 0 Å². The zero-order chi connectivity index (χ0) is 7.56. The van der Waals surface area contributed by atoms with Crippen LogP contribution in [0.3, 0.4) is 0 Å². The third-order valence-corrected chi connectivity index (χ3v) is 1.27. The second kappa shape index (κ2) is 2.47. The highest BCUT2D eigenvalue weighted by molar-refractivity contribution is 5.79. The Balaban J connectivity index is 3.27. The van der Waals surface area contributed by atoms with Crippen molar-refractivity contribution in [2.45, 2.75) is 6.92 Å². The van der Waals surface area contributed by atoms with E-state index in [2.05, 4.69) is 4.98 Å². The largest absolute Gasteiger partial charge is 0.505 e. The van der Waals surface area contributed by atoms with Crippen LogP contribution in [0, 0.1) is 6.92 Å². The van der Waals surface area contributed by atoms with Crippen molar-refractivity contribution in [2.24, 2.45) is 0 Å². The van der Waals surface area contributed by atoms with Gasteiger partial charge in [0, 0.05) is 6.20 Å². The summed E-state index contributed by atoms with van der Waals surface area (Å²) in [6.07, 6.45) is 2.09. The van der Waals surface area contributed by atoms with E-state index >= 15 is 0 Å². The second-order valence-corrected chi connectivity index (χ2v) is 1.95. The summed E-state index contributed by atoms with van der Waals surface area (Å²) in [5.74, 6) is -0.0301. The van der Waals surface area contributed by atoms with Crippen molar-refractivity contribution in [3.63, 3.8) is 0 Å². The highest BCUT2D eigenvalue weighted by Crippen LogP contribution is 2.16. The predicted octanol–water partition coefficient (Wildman–Crippen LogP) is 0.908. The maximum Gasteiger partial charge on any atom is 0.153 e. The molecule has 3 nitrogen and oxygen atoms in total. The lowest BCUT2D eigenvalue weighted by atomic mass is 10.2. The Morgan fingerprint density at radius 1 is 1.70 bits per heavy atom. The van der Waals surface area contributed by atoms with Crippen LogP contribution in [-0.2, 0) is 0 Å². The van der Waals surface area contributed by atoms with E-state index in [0.717, 1.165) is 0 Å². The summed E-state index contributed by atoms with van der Waals surface area (Å²) in [7, 11) is 0. The molecule has 0 amide bonds. The molecule has 0 atom stereocenters.